The van der Waals surface area contributed by atoms with Crippen LogP contribution in [0.4, 0.5) is 0 Å². The number of rotatable bonds is 4. The van der Waals surface area contributed by atoms with Crippen LogP contribution in [0, 0.1) is 0 Å². The minimum absolute atomic E-state index is 0.241. The summed E-state index contributed by atoms with van der Waals surface area (Å²) in [5.41, 5.74) is -1.14. The van der Waals surface area contributed by atoms with Crippen molar-refractivity contribution in [1.29, 1.82) is 0 Å². The van der Waals surface area contributed by atoms with Crippen LogP contribution < -0.4 is 4.74 Å². The van der Waals surface area contributed by atoms with E-state index in [0.29, 0.717) is 11.3 Å². The van der Waals surface area contributed by atoms with Gasteiger partial charge in [0.05, 0.1) is 13.7 Å². The van der Waals surface area contributed by atoms with Crippen molar-refractivity contribution >= 4 is 5.97 Å². The van der Waals surface area contributed by atoms with Gasteiger partial charge in [-0.1, -0.05) is 12.1 Å². The van der Waals surface area contributed by atoms with Crippen LogP contribution in [0.3, 0.4) is 0 Å². The summed E-state index contributed by atoms with van der Waals surface area (Å²) in [5.74, 6) is 0.0172. The molecule has 0 unspecified atom stereocenters. The summed E-state index contributed by atoms with van der Waals surface area (Å²) in [5, 5.41) is 10.0. The van der Waals surface area contributed by atoms with E-state index in [4.69, 9.17) is 9.47 Å². The first kappa shape index (κ1) is 12.5. The average molecular weight is 224 g/mol. The Morgan fingerprint density at radius 2 is 1.94 bits per heavy atom. The molecule has 0 fully saturated rings. The van der Waals surface area contributed by atoms with Gasteiger partial charge in [-0.3, -0.25) is 0 Å². The fraction of sp³-hybridized carbons (Fsp3) is 0.417. The van der Waals surface area contributed by atoms with E-state index in [0.717, 1.165) is 0 Å². The normalized spacial score (nSPS) is 14.0. The van der Waals surface area contributed by atoms with Gasteiger partial charge in [-0.05, 0) is 31.5 Å². The van der Waals surface area contributed by atoms with Crippen LogP contribution in [0.1, 0.15) is 19.4 Å². The third-order valence-corrected chi connectivity index (χ3v) is 2.33. The van der Waals surface area contributed by atoms with Gasteiger partial charge in [0.1, 0.15) is 5.75 Å². The van der Waals surface area contributed by atoms with E-state index >= 15 is 0 Å². The molecular weight excluding hydrogens is 208 g/mol. The van der Waals surface area contributed by atoms with Gasteiger partial charge in [0.2, 0.25) is 0 Å². The molecule has 1 aromatic carbocycles. The lowest BCUT2D eigenvalue weighted by atomic mass is 9.96. The van der Waals surface area contributed by atoms with Crippen molar-refractivity contribution in [3.8, 4) is 5.75 Å². The van der Waals surface area contributed by atoms with Crippen LogP contribution >= 0.6 is 0 Å². The van der Waals surface area contributed by atoms with Gasteiger partial charge in [-0.25, -0.2) is 4.79 Å². The topological polar surface area (TPSA) is 55.8 Å². The molecule has 16 heavy (non-hydrogen) atoms. The maximum absolute atomic E-state index is 11.5. The predicted molar refractivity (Wildman–Crippen MR) is 59.2 cm³/mol. The van der Waals surface area contributed by atoms with Crippen LogP contribution in [0.15, 0.2) is 24.3 Å². The lowest BCUT2D eigenvalue weighted by Crippen LogP contribution is -2.34. The lowest BCUT2D eigenvalue weighted by Gasteiger charge is -2.21. The monoisotopic (exact) mass is 224 g/mol. The number of hydrogen-bond donors (Lipinski definition) is 1. The number of aliphatic hydroxyl groups is 1. The Bertz CT molecular complexity index is 354. The average Bonchev–Trinajstić information content (AvgIpc) is 2.29. The standard InChI is InChI=1S/C12H16O4/c1-4-16-11(13)12(2,14)9-5-7-10(15-3)8-6-9/h5-8,14H,4H2,1-3H3/t12-/m0/s1. The second-order valence-electron chi connectivity index (χ2n) is 3.52. The highest BCUT2D eigenvalue weighted by Crippen LogP contribution is 2.24. The summed E-state index contributed by atoms with van der Waals surface area (Å²) >= 11 is 0. The molecule has 0 saturated heterocycles. The highest BCUT2D eigenvalue weighted by atomic mass is 16.5. The van der Waals surface area contributed by atoms with Gasteiger partial charge in [-0.2, -0.15) is 0 Å². The molecule has 4 nitrogen and oxygen atoms in total. The zero-order valence-electron chi connectivity index (χ0n) is 9.69. The second kappa shape index (κ2) is 4.99. The fourth-order valence-corrected chi connectivity index (χ4v) is 1.31. The summed E-state index contributed by atoms with van der Waals surface area (Å²) in [6.07, 6.45) is 0. The van der Waals surface area contributed by atoms with Crippen LogP contribution in [0.5, 0.6) is 5.75 Å². The highest BCUT2D eigenvalue weighted by Gasteiger charge is 2.33. The number of carbonyl (C=O) groups is 1. The van der Waals surface area contributed by atoms with E-state index in [1.807, 2.05) is 0 Å². The molecule has 0 spiro atoms. The minimum Gasteiger partial charge on any atom is -0.497 e. The van der Waals surface area contributed by atoms with Crippen molar-refractivity contribution in [3.05, 3.63) is 29.8 Å². The van der Waals surface area contributed by atoms with Gasteiger partial charge >= 0.3 is 5.97 Å². The quantitative estimate of drug-likeness (QED) is 0.787. The van der Waals surface area contributed by atoms with E-state index in [1.54, 1.807) is 38.3 Å². The molecule has 0 aliphatic carbocycles. The molecule has 0 aromatic heterocycles. The molecule has 1 N–H and O–H groups in total. The number of esters is 1. The number of methoxy groups -OCH3 is 1. The molecule has 0 amide bonds. The van der Waals surface area contributed by atoms with E-state index < -0.39 is 11.6 Å². The third-order valence-electron chi connectivity index (χ3n) is 2.33. The Morgan fingerprint density at radius 1 is 1.38 bits per heavy atom. The van der Waals surface area contributed by atoms with Crippen LogP contribution in [-0.2, 0) is 15.1 Å². The van der Waals surface area contributed by atoms with Crippen molar-refractivity contribution in [2.75, 3.05) is 13.7 Å². The number of hydrogen-bond acceptors (Lipinski definition) is 4. The Hall–Kier alpha value is -1.55. The van der Waals surface area contributed by atoms with Gasteiger partial charge in [0.25, 0.3) is 0 Å². The van der Waals surface area contributed by atoms with Crippen molar-refractivity contribution in [1.82, 2.24) is 0 Å². The van der Waals surface area contributed by atoms with Gasteiger partial charge < -0.3 is 14.6 Å². The summed E-state index contributed by atoms with van der Waals surface area (Å²) in [6.45, 7) is 3.35. The molecule has 0 saturated carbocycles. The smallest absolute Gasteiger partial charge is 0.342 e. The Balaban J connectivity index is 2.93. The minimum atomic E-state index is -1.62. The van der Waals surface area contributed by atoms with Gasteiger partial charge in [0.15, 0.2) is 5.60 Å². The van der Waals surface area contributed by atoms with Crippen LogP contribution in [0.25, 0.3) is 0 Å². The molecule has 0 radical (unpaired) electrons. The molecule has 1 aromatic rings. The first-order valence-corrected chi connectivity index (χ1v) is 5.06. The van der Waals surface area contributed by atoms with Gasteiger partial charge in [0, 0.05) is 0 Å². The molecule has 1 atom stereocenters. The maximum atomic E-state index is 11.5. The van der Waals surface area contributed by atoms with E-state index in [2.05, 4.69) is 0 Å². The van der Waals surface area contributed by atoms with Crippen LogP contribution in [-0.4, -0.2) is 24.8 Å². The maximum Gasteiger partial charge on any atom is 0.342 e. The zero-order valence-corrected chi connectivity index (χ0v) is 9.69. The Kier molecular flexibility index (Phi) is 3.90. The van der Waals surface area contributed by atoms with E-state index in [1.165, 1.54) is 6.92 Å². The van der Waals surface area contributed by atoms with E-state index in [-0.39, 0.29) is 6.61 Å². The molecule has 88 valence electrons. The third kappa shape index (κ3) is 2.52. The second-order valence-corrected chi connectivity index (χ2v) is 3.52. The van der Waals surface area contributed by atoms with Crippen molar-refractivity contribution in [2.24, 2.45) is 0 Å². The summed E-state index contributed by atoms with van der Waals surface area (Å²) in [6, 6.07) is 6.64. The predicted octanol–water partition coefficient (Wildman–Crippen LogP) is 1.47. The summed E-state index contributed by atoms with van der Waals surface area (Å²) in [7, 11) is 1.55. The van der Waals surface area contributed by atoms with Crippen molar-refractivity contribution in [3.63, 3.8) is 0 Å². The van der Waals surface area contributed by atoms with Gasteiger partial charge in [-0.15, -0.1) is 0 Å². The molecule has 4 heteroatoms. The molecular formula is C12H16O4. The van der Waals surface area contributed by atoms with Crippen molar-refractivity contribution < 1.29 is 19.4 Å². The largest absolute Gasteiger partial charge is 0.497 e. The molecule has 0 aliphatic rings. The van der Waals surface area contributed by atoms with E-state index in [9.17, 15) is 9.90 Å². The number of benzene rings is 1. The Labute approximate surface area is 94.8 Å². The Morgan fingerprint density at radius 3 is 2.38 bits per heavy atom. The molecule has 0 aliphatic heterocycles. The molecule has 1 rings (SSSR count). The zero-order chi connectivity index (χ0) is 12.2. The molecule has 0 bridgehead atoms. The fourth-order valence-electron chi connectivity index (χ4n) is 1.31. The number of ether oxygens (including phenoxy) is 2. The molecule has 0 heterocycles. The summed E-state index contributed by atoms with van der Waals surface area (Å²) in [4.78, 5) is 11.5. The highest BCUT2D eigenvalue weighted by molar-refractivity contribution is 5.80. The first-order valence-electron chi connectivity index (χ1n) is 5.06. The first-order chi connectivity index (χ1) is 7.52. The number of carbonyl (C=O) groups excluding carboxylic acids is 1. The summed E-state index contributed by atoms with van der Waals surface area (Å²) < 4.78 is 9.79. The van der Waals surface area contributed by atoms with Crippen molar-refractivity contribution in [2.45, 2.75) is 19.4 Å². The lowest BCUT2D eigenvalue weighted by molar-refractivity contribution is -0.164. The SMILES string of the molecule is CCOC(=O)[C@@](C)(O)c1ccc(OC)cc1. The van der Waals surface area contributed by atoms with Crippen LogP contribution in [0.2, 0.25) is 0 Å².